The summed E-state index contributed by atoms with van der Waals surface area (Å²) in [7, 11) is -4.04. The van der Waals surface area contributed by atoms with Gasteiger partial charge in [-0.15, -0.1) is 0 Å². The van der Waals surface area contributed by atoms with Gasteiger partial charge in [0.1, 0.15) is 5.82 Å². The smallest absolute Gasteiger partial charge is 0.329 e. The lowest BCUT2D eigenvalue weighted by Gasteiger charge is -2.17. The van der Waals surface area contributed by atoms with Gasteiger partial charge in [0, 0.05) is 6.54 Å². The fraction of sp³-hybridized carbons (Fsp3) is 0.455. The number of hydrogen-bond donors (Lipinski definition) is 2. The van der Waals surface area contributed by atoms with E-state index in [1.807, 2.05) is 4.72 Å². The molecule has 0 aromatic heterocycles. The summed E-state index contributed by atoms with van der Waals surface area (Å²) in [5.74, 6) is -1.09. The minimum atomic E-state index is -4.69. The molecule has 9 heteroatoms. The molecule has 0 saturated heterocycles. The van der Waals surface area contributed by atoms with Gasteiger partial charge in [0.2, 0.25) is 10.0 Å². The summed E-state index contributed by atoms with van der Waals surface area (Å²) in [4.78, 5) is 0. The molecule has 0 bridgehead atoms. The molecule has 0 saturated carbocycles. The van der Waals surface area contributed by atoms with E-state index >= 15 is 0 Å². The molecule has 4 nitrogen and oxygen atoms in total. The fourth-order valence-electron chi connectivity index (χ4n) is 1.53. The number of rotatable bonds is 5. The van der Waals surface area contributed by atoms with Gasteiger partial charge in [-0.3, -0.25) is 4.72 Å². The first-order valence-corrected chi connectivity index (χ1v) is 7.25. The number of alkyl halides is 3. The maximum absolute atomic E-state index is 13.4. The SMILES string of the molecule is CCC(CN)S(=O)(=O)Nc1cc(C(F)(F)F)ccc1F. The number of hydrogen-bond acceptors (Lipinski definition) is 3. The molecule has 0 aliphatic carbocycles. The van der Waals surface area contributed by atoms with Gasteiger partial charge < -0.3 is 5.73 Å². The second-order valence-electron chi connectivity index (χ2n) is 4.11. The van der Waals surface area contributed by atoms with Crippen molar-refractivity contribution in [3.05, 3.63) is 29.6 Å². The van der Waals surface area contributed by atoms with Crippen molar-refractivity contribution < 1.29 is 26.0 Å². The molecule has 0 aliphatic heterocycles. The zero-order valence-corrected chi connectivity index (χ0v) is 11.4. The van der Waals surface area contributed by atoms with Crippen LogP contribution in [0.2, 0.25) is 0 Å². The van der Waals surface area contributed by atoms with Crippen LogP contribution in [-0.4, -0.2) is 20.2 Å². The van der Waals surface area contributed by atoms with Crippen molar-refractivity contribution in [2.45, 2.75) is 24.8 Å². The zero-order chi connectivity index (χ0) is 15.6. The molecular weight excluding hydrogens is 300 g/mol. The van der Waals surface area contributed by atoms with Crippen LogP contribution in [0.15, 0.2) is 18.2 Å². The van der Waals surface area contributed by atoms with E-state index in [2.05, 4.69) is 0 Å². The summed E-state index contributed by atoms with van der Waals surface area (Å²) in [5.41, 5.74) is 3.38. The molecule has 20 heavy (non-hydrogen) atoms. The highest BCUT2D eigenvalue weighted by atomic mass is 32.2. The first-order valence-electron chi connectivity index (χ1n) is 5.70. The topological polar surface area (TPSA) is 72.2 Å². The van der Waals surface area contributed by atoms with Crippen molar-refractivity contribution in [3.8, 4) is 0 Å². The van der Waals surface area contributed by atoms with Gasteiger partial charge in [-0.1, -0.05) is 6.92 Å². The maximum Gasteiger partial charge on any atom is 0.416 e. The standard InChI is InChI=1S/C11H14F4N2O2S/c1-2-8(6-16)20(18,19)17-10-5-7(11(13,14)15)3-4-9(10)12/h3-5,8,17H,2,6,16H2,1H3. The Hall–Kier alpha value is -1.35. The Bertz CT molecular complexity index is 568. The van der Waals surface area contributed by atoms with Crippen molar-refractivity contribution in [3.63, 3.8) is 0 Å². The Kier molecular flexibility index (Phi) is 4.98. The molecule has 0 amide bonds. The van der Waals surface area contributed by atoms with Gasteiger partial charge >= 0.3 is 6.18 Å². The fourth-order valence-corrected chi connectivity index (χ4v) is 2.85. The van der Waals surface area contributed by atoms with Crippen LogP contribution in [0.1, 0.15) is 18.9 Å². The summed E-state index contributed by atoms with van der Waals surface area (Å²) < 4.78 is 76.4. The average Bonchev–Trinajstić information content (AvgIpc) is 2.31. The molecule has 0 fully saturated rings. The normalized spacial score (nSPS) is 14.1. The van der Waals surface area contributed by atoms with E-state index in [-0.39, 0.29) is 13.0 Å². The molecule has 3 N–H and O–H groups in total. The van der Waals surface area contributed by atoms with Crippen LogP contribution in [0.3, 0.4) is 0 Å². The Balaban J connectivity index is 3.15. The molecule has 1 rings (SSSR count). The van der Waals surface area contributed by atoms with Gasteiger partial charge in [0.15, 0.2) is 0 Å². The highest BCUT2D eigenvalue weighted by molar-refractivity contribution is 7.93. The molecule has 1 unspecified atom stereocenters. The maximum atomic E-state index is 13.4. The highest BCUT2D eigenvalue weighted by Crippen LogP contribution is 2.32. The molecule has 114 valence electrons. The third-order valence-corrected chi connectivity index (χ3v) is 4.61. The van der Waals surface area contributed by atoms with Crippen LogP contribution >= 0.6 is 0 Å². The number of benzene rings is 1. The lowest BCUT2D eigenvalue weighted by atomic mass is 10.2. The van der Waals surface area contributed by atoms with E-state index in [4.69, 9.17) is 5.73 Å². The summed E-state index contributed by atoms with van der Waals surface area (Å²) in [6.45, 7) is 1.34. The Morgan fingerprint density at radius 2 is 1.95 bits per heavy atom. The van der Waals surface area contributed by atoms with Crippen LogP contribution in [0, 0.1) is 5.82 Å². The molecular formula is C11H14F4N2O2S. The van der Waals surface area contributed by atoms with Crippen LogP contribution < -0.4 is 10.5 Å². The lowest BCUT2D eigenvalue weighted by molar-refractivity contribution is -0.137. The Morgan fingerprint density at radius 1 is 1.35 bits per heavy atom. The van der Waals surface area contributed by atoms with Crippen LogP contribution in [-0.2, 0) is 16.2 Å². The highest BCUT2D eigenvalue weighted by Gasteiger charge is 2.32. The van der Waals surface area contributed by atoms with E-state index in [1.165, 1.54) is 0 Å². The first kappa shape index (κ1) is 16.7. The minimum Gasteiger partial charge on any atom is -0.329 e. The van der Waals surface area contributed by atoms with Crippen molar-refractivity contribution in [1.29, 1.82) is 0 Å². The van der Waals surface area contributed by atoms with Crippen LogP contribution in [0.25, 0.3) is 0 Å². The van der Waals surface area contributed by atoms with E-state index in [9.17, 15) is 26.0 Å². The molecule has 1 aromatic rings. The molecule has 0 aliphatic rings. The Labute approximate surface area is 114 Å². The number of nitrogens with two attached hydrogens (primary N) is 1. The molecule has 1 atom stereocenters. The van der Waals surface area contributed by atoms with E-state index < -0.39 is 38.5 Å². The van der Waals surface area contributed by atoms with E-state index in [1.54, 1.807) is 6.92 Å². The first-order chi connectivity index (χ1) is 9.11. The Morgan fingerprint density at radius 3 is 2.40 bits per heavy atom. The van der Waals surface area contributed by atoms with Gasteiger partial charge in [-0.2, -0.15) is 13.2 Å². The minimum absolute atomic E-state index is 0.159. The van der Waals surface area contributed by atoms with Crippen LogP contribution in [0.4, 0.5) is 23.2 Å². The second-order valence-corrected chi connectivity index (χ2v) is 6.07. The summed E-state index contributed by atoms with van der Waals surface area (Å²) in [5, 5.41) is -1.00. The second kappa shape index (κ2) is 5.96. The number of halogens is 4. The van der Waals surface area contributed by atoms with Gasteiger partial charge in [-0.05, 0) is 24.6 Å². The number of nitrogens with one attached hydrogen (secondary N) is 1. The van der Waals surface area contributed by atoms with Crippen molar-refractivity contribution in [1.82, 2.24) is 0 Å². The molecule has 0 spiro atoms. The number of sulfonamides is 1. The van der Waals surface area contributed by atoms with Crippen molar-refractivity contribution in [2.75, 3.05) is 11.3 Å². The quantitative estimate of drug-likeness (QED) is 0.819. The number of anilines is 1. The predicted octanol–water partition coefficient (Wildman–Crippen LogP) is 2.32. The zero-order valence-electron chi connectivity index (χ0n) is 10.5. The van der Waals surface area contributed by atoms with E-state index in [0.717, 1.165) is 0 Å². The summed E-state index contributed by atoms with van der Waals surface area (Å²) >= 11 is 0. The van der Waals surface area contributed by atoms with Crippen molar-refractivity contribution in [2.24, 2.45) is 5.73 Å². The third kappa shape index (κ3) is 3.83. The monoisotopic (exact) mass is 314 g/mol. The van der Waals surface area contributed by atoms with Gasteiger partial charge in [-0.25, -0.2) is 12.8 Å². The third-order valence-electron chi connectivity index (χ3n) is 2.70. The van der Waals surface area contributed by atoms with Crippen molar-refractivity contribution >= 4 is 15.7 Å². The largest absolute Gasteiger partial charge is 0.416 e. The van der Waals surface area contributed by atoms with E-state index in [0.29, 0.717) is 18.2 Å². The summed E-state index contributed by atoms with van der Waals surface area (Å²) in [6, 6.07) is 1.51. The molecule has 0 heterocycles. The van der Waals surface area contributed by atoms with Gasteiger partial charge in [0.25, 0.3) is 0 Å². The predicted molar refractivity (Wildman–Crippen MR) is 67.1 cm³/mol. The van der Waals surface area contributed by atoms with Gasteiger partial charge in [0.05, 0.1) is 16.5 Å². The van der Waals surface area contributed by atoms with Crippen LogP contribution in [0.5, 0.6) is 0 Å². The summed E-state index contributed by atoms with van der Waals surface area (Å²) in [6.07, 6.45) is -4.53. The lowest BCUT2D eigenvalue weighted by Crippen LogP contribution is -2.34. The molecule has 1 aromatic carbocycles. The molecule has 0 radical (unpaired) electrons. The average molecular weight is 314 g/mol.